The van der Waals surface area contributed by atoms with Crippen LogP contribution in [0, 0.1) is 0 Å². The van der Waals surface area contributed by atoms with E-state index in [2.05, 4.69) is 52.4 Å². The lowest BCUT2D eigenvalue weighted by molar-refractivity contribution is -0.128. The molecule has 1 atom stereocenters. The Hall–Kier alpha value is -1.59. The minimum atomic E-state index is 0.0188. The molecule has 0 spiro atoms. The molecule has 1 N–H and O–H groups in total. The maximum Gasteiger partial charge on any atom is 0.246 e. The van der Waals surface area contributed by atoms with Crippen LogP contribution in [0.5, 0.6) is 0 Å². The zero-order chi connectivity index (χ0) is 18.2. The van der Waals surface area contributed by atoms with E-state index >= 15 is 0 Å². The average Bonchev–Trinajstić information content (AvgIpc) is 2.72. The molecule has 26 heavy (non-hydrogen) atoms. The molecule has 0 aromatic heterocycles. The standard InChI is InChI=1S/C21H33N3O2/c1-18(16-22-21(25)17-26-20-10-6-3-7-11-20)23-12-14-24(15-13-23)19-8-4-2-5-9-19/h2,4-5,8-9,18,20H,3,6-7,10-17H2,1H3,(H,22,25). The molecule has 1 unspecified atom stereocenters. The van der Waals surface area contributed by atoms with Gasteiger partial charge in [-0.2, -0.15) is 0 Å². The molecule has 3 rings (SSSR count). The topological polar surface area (TPSA) is 44.8 Å². The summed E-state index contributed by atoms with van der Waals surface area (Å²) in [5.41, 5.74) is 1.30. The van der Waals surface area contributed by atoms with Crippen LogP contribution >= 0.6 is 0 Å². The second-order valence-corrected chi connectivity index (χ2v) is 7.58. The highest BCUT2D eigenvalue weighted by Crippen LogP contribution is 2.20. The summed E-state index contributed by atoms with van der Waals surface area (Å²) in [5.74, 6) is 0.0188. The van der Waals surface area contributed by atoms with Crippen molar-refractivity contribution in [2.75, 3.05) is 44.2 Å². The molecule has 0 bridgehead atoms. The Labute approximate surface area is 157 Å². The van der Waals surface area contributed by atoms with Crippen molar-refractivity contribution < 1.29 is 9.53 Å². The molecule has 0 radical (unpaired) electrons. The number of nitrogens with one attached hydrogen (secondary N) is 1. The highest BCUT2D eigenvalue weighted by Gasteiger charge is 2.22. The lowest BCUT2D eigenvalue weighted by Gasteiger charge is -2.39. The van der Waals surface area contributed by atoms with E-state index in [0.717, 1.165) is 39.0 Å². The van der Waals surface area contributed by atoms with Crippen molar-refractivity contribution in [2.24, 2.45) is 0 Å². The third kappa shape index (κ3) is 5.71. The Balaban J connectivity index is 1.32. The number of ether oxygens (including phenoxy) is 1. The van der Waals surface area contributed by atoms with E-state index < -0.39 is 0 Å². The molecular weight excluding hydrogens is 326 g/mol. The van der Waals surface area contributed by atoms with Crippen LogP contribution in [0.15, 0.2) is 30.3 Å². The number of hydrogen-bond donors (Lipinski definition) is 1. The Kier molecular flexibility index (Phi) is 7.32. The van der Waals surface area contributed by atoms with Gasteiger partial charge >= 0.3 is 0 Å². The summed E-state index contributed by atoms with van der Waals surface area (Å²) < 4.78 is 5.75. The molecule has 2 aliphatic rings. The number of amides is 1. The van der Waals surface area contributed by atoms with Crippen molar-refractivity contribution in [3.63, 3.8) is 0 Å². The monoisotopic (exact) mass is 359 g/mol. The summed E-state index contributed by atoms with van der Waals surface area (Å²) in [6.07, 6.45) is 6.28. The minimum absolute atomic E-state index is 0.0188. The second kappa shape index (κ2) is 9.93. The number of anilines is 1. The van der Waals surface area contributed by atoms with Gasteiger partial charge in [-0.25, -0.2) is 0 Å². The van der Waals surface area contributed by atoms with Crippen molar-refractivity contribution in [2.45, 2.75) is 51.2 Å². The first-order valence-corrected chi connectivity index (χ1v) is 10.1. The fraction of sp³-hybridized carbons (Fsp3) is 0.667. The largest absolute Gasteiger partial charge is 0.369 e. The zero-order valence-corrected chi connectivity index (χ0v) is 16.0. The van der Waals surface area contributed by atoms with E-state index in [1.807, 2.05) is 0 Å². The summed E-state index contributed by atoms with van der Waals surface area (Å²) in [7, 11) is 0. The molecule has 2 fully saturated rings. The molecule has 1 heterocycles. The number of carbonyl (C=O) groups is 1. The Morgan fingerprint density at radius 3 is 2.50 bits per heavy atom. The van der Waals surface area contributed by atoms with E-state index in [1.54, 1.807) is 0 Å². The third-order valence-corrected chi connectivity index (χ3v) is 5.66. The van der Waals surface area contributed by atoms with Gasteiger partial charge in [-0.1, -0.05) is 37.5 Å². The molecule has 1 aromatic rings. The Morgan fingerprint density at radius 2 is 1.81 bits per heavy atom. The van der Waals surface area contributed by atoms with Gasteiger partial charge in [0.15, 0.2) is 0 Å². The SMILES string of the molecule is CC(CNC(=O)COC1CCCCC1)N1CCN(c2ccccc2)CC1. The van der Waals surface area contributed by atoms with Gasteiger partial charge in [-0.05, 0) is 31.9 Å². The number of para-hydroxylation sites is 1. The van der Waals surface area contributed by atoms with Crippen LogP contribution in [-0.2, 0) is 9.53 Å². The number of rotatable bonds is 7. The van der Waals surface area contributed by atoms with Crippen molar-refractivity contribution in [1.29, 1.82) is 0 Å². The normalized spacial score (nSPS) is 20.7. The van der Waals surface area contributed by atoms with Crippen molar-refractivity contribution >= 4 is 11.6 Å². The molecule has 1 saturated carbocycles. The molecule has 1 aliphatic carbocycles. The molecule has 1 amide bonds. The van der Waals surface area contributed by atoms with Crippen LogP contribution in [0.3, 0.4) is 0 Å². The summed E-state index contributed by atoms with van der Waals surface area (Å²) >= 11 is 0. The fourth-order valence-corrected chi connectivity index (χ4v) is 3.93. The average molecular weight is 360 g/mol. The van der Waals surface area contributed by atoms with E-state index in [9.17, 15) is 4.79 Å². The number of carbonyl (C=O) groups excluding carboxylic acids is 1. The first-order valence-electron chi connectivity index (χ1n) is 10.1. The van der Waals surface area contributed by atoms with Gasteiger partial charge in [-0.15, -0.1) is 0 Å². The molecule has 5 nitrogen and oxygen atoms in total. The third-order valence-electron chi connectivity index (χ3n) is 5.66. The van der Waals surface area contributed by atoms with Crippen molar-refractivity contribution in [3.05, 3.63) is 30.3 Å². The van der Waals surface area contributed by atoms with Gasteiger partial charge in [0.25, 0.3) is 0 Å². The van der Waals surface area contributed by atoms with Gasteiger partial charge in [0.2, 0.25) is 5.91 Å². The Morgan fingerprint density at radius 1 is 1.12 bits per heavy atom. The van der Waals surface area contributed by atoms with Crippen LogP contribution in [0.25, 0.3) is 0 Å². The van der Waals surface area contributed by atoms with Crippen molar-refractivity contribution in [3.8, 4) is 0 Å². The summed E-state index contributed by atoms with van der Waals surface area (Å²) in [6.45, 7) is 7.23. The maximum atomic E-state index is 12.0. The minimum Gasteiger partial charge on any atom is -0.369 e. The molecule has 5 heteroatoms. The molecular formula is C21H33N3O2. The van der Waals surface area contributed by atoms with E-state index in [1.165, 1.54) is 24.9 Å². The van der Waals surface area contributed by atoms with Gasteiger partial charge in [0.1, 0.15) is 6.61 Å². The van der Waals surface area contributed by atoms with Crippen molar-refractivity contribution in [1.82, 2.24) is 10.2 Å². The maximum absolute atomic E-state index is 12.0. The van der Waals surface area contributed by atoms with Gasteiger partial charge in [0, 0.05) is 44.5 Å². The van der Waals surface area contributed by atoms with Gasteiger partial charge in [-0.3, -0.25) is 9.69 Å². The lowest BCUT2D eigenvalue weighted by Crippen LogP contribution is -2.52. The second-order valence-electron chi connectivity index (χ2n) is 7.58. The van der Waals surface area contributed by atoms with Gasteiger partial charge < -0.3 is 15.0 Å². The summed E-state index contributed by atoms with van der Waals surface area (Å²) in [5, 5.41) is 3.04. The first-order chi connectivity index (χ1) is 12.7. The number of piperazine rings is 1. The van der Waals surface area contributed by atoms with Crippen LogP contribution in [0.4, 0.5) is 5.69 Å². The number of hydrogen-bond acceptors (Lipinski definition) is 4. The zero-order valence-electron chi connectivity index (χ0n) is 16.0. The van der Waals surface area contributed by atoms with E-state index in [-0.39, 0.29) is 18.6 Å². The summed E-state index contributed by atoms with van der Waals surface area (Å²) in [4.78, 5) is 16.9. The van der Waals surface area contributed by atoms with Crippen LogP contribution in [-0.4, -0.2) is 62.3 Å². The molecule has 1 saturated heterocycles. The molecule has 1 aromatic carbocycles. The van der Waals surface area contributed by atoms with E-state index in [4.69, 9.17) is 4.74 Å². The highest BCUT2D eigenvalue weighted by atomic mass is 16.5. The molecule has 1 aliphatic heterocycles. The van der Waals surface area contributed by atoms with Crippen LogP contribution in [0.1, 0.15) is 39.0 Å². The number of benzene rings is 1. The Bertz CT molecular complexity index is 537. The van der Waals surface area contributed by atoms with Gasteiger partial charge in [0.05, 0.1) is 6.10 Å². The van der Waals surface area contributed by atoms with Crippen LogP contribution < -0.4 is 10.2 Å². The fourth-order valence-electron chi connectivity index (χ4n) is 3.93. The predicted molar refractivity (Wildman–Crippen MR) is 106 cm³/mol. The smallest absolute Gasteiger partial charge is 0.246 e. The van der Waals surface area contributed by atoms with Crippen LogP contribution in [0.2, 0.25) is 0 Å². The summed E-state index contributed by atoms with van der Waals surface area (Å²) in [6, 6.07) is 10.9. The number of nitrogens with zero attached hydrogens (tertiary/aromatic N) is 2. The predicted octanol–water partition coefficient (Wildman–Crippen LogP) is 2.66. The molecule has 144 valence electrons. The first kappa shape index (κ1) is 19.2. The lowest BCUT2D eigenvalue weighted by atomic mass is 9.98. The highest BCUT2D eigenvalue weighted by molar-refractivity contribution is 5.77. The quantitative estimate of drug-likeness (QED) is 0.813. The van der Waals surface area contributed by atoms with E-state index in [0.29, 0.717) is 12.6 Å².